The maximum absolute atomic E-state index is 12.7. The van der Waals surface area contributed by atoms with Gasteiger partial charge in [0.05, 0.1) is 23.0 Å². The molecule has 1 saturated heterocycles. The molecule has 2 aromatic carbocycles. The monoisotopic (exact) mass is 512 g/mol. The standard InChI is InChI=1S/C23H24N6O6S/c1-15-13-16(2)25-23(24-15)27-36(33,34)19-6-4-18(5-7-19)26-22(30)17-3-8-20(21(14-17)29(31)32)28-9-11-35-12-10-28/h3-8,13-14H,9-12H2,1-2H3,(H,26,30)(H,24,25,27). The fourth-order valence-corrected chi connectivity index (χ4v) is 4.70. The van der Waals surface area contributed by atoms with E-state index < -0.39 is 20.9 Å². The zero-order chi connectivity index (χ0) is 25.9. The van der Waals surface area contributed by atoms with E-state index in [2.05, 4.69) is 20.0 Å². The van der Waals surface area contributed by atoms with Crippen molar-refractivity contribution >= 4 is 38.9 Å². The topological polar surface area (TPSA) is 157 Å². The molecular weight excluding hydrogens is 488 g/mol. The largest absolute Gasteiger partial charge is 0.378 e. The average molecular weight is 513 g/mol. The van der Waals surface area contributed by atoms with Gasteiger partial charge in [-0.15, -0.1) is 0 Å². The zero-order valence-electron chi connectivity index (χ0n) is 19.6. The number of ether oxygens (including phenoxy) is 1. The van der Waals surface area contributed by atoms with Gasteiger partial charge in [0.1, 0.15) is 5.69 Å². The van der Waals surface area contributed by atoms with Crippen LogP contribution in [-0.4, -0.2) is 55.5 Å². The molecule has 12 nitrogen and oxygen atoms in total. The van der Waals surface area contributed by atoms with Crippen molar-refractivity contribution in [3.05, 3.63) is 75.6 Å². The Morgan fingerprint density at radius 3 is 2.28 bits per heavy atom. The fraction of sp³-hybridized carbons (Fsp3) is 0.261. The van der Waals surface area contributed by atoms with Gasteiger partial charge in [0, 0.05) is 41.8 Å². The third-order valence-corrected chi connectivity index (χ3v) is 6.76. The van der Waals surface area contributed by atoms with Crippen molar-refractivity contribution in [2.45, 2.75) is 18.7 Å². The minimum absolute atomic E-state index is 0.0352. The maximum atomic E-state index is 12.7. The number of hydrogen-bond donors (Lipinski definition) is 2. The van der Waals surface area contributed by atoms with E-state index in [9.17, 15) is 23.3 Å². The molecule has 0 spiro atoms. The molecule has 1 fully saturated rings. The van der Waals surface area contributed by atoms with E-state index in [1.807, 2.05) is 4.90 Å². The number of amides is 1. The van der Waals surface area contributed by atoms with Gasteiger partial charge in [-0.3, -0.25) is 14.9 Å². The first-order valence-corrected chi connectivity index (χ1v) is 12.5. The number of sulfonamides is 1. The molecule has 0 saturated carbocycles. The van der Waals surface area contributed by atoms with Crippen LogP contribution in [-0.2, 0) is 14.8 Å². The van der Waals surface area contributed by atoms with E-state index >= 15 is 0 Å². The Hall–Kier alpha value is -4.10. The van der Waals surface area contributed by atoms with Gasteiger partial charge in [0.2, 0.25) is 5.95 Å². The summed E-state index contributed by atoms with van der Waals surface area (Å²) in [6, 6.07) is 11.5. The molecule has 0 radical (unpaired) electrons. The van der Waals surface area contributed by atoms with Gasteiger partial charge in [0.25, 0.3) is 21.6 Å². The van der Waals surface area contributed by atoms with Gasteiger partial charge in [0.15, 0.2) is 0 Å². The lowest BCUT2D eigenvalue weighted by molar-refractivity contribution is -0.384. The van der Waals surface area contributed by atoms with E-state index in [0.717, 1.165) is 0 Å². The SMILES string of the molecule is Cc1cc(C)nc(NS(=O)(=O)c2ccc(NC(=O)c3ccc(N4CCOCC4)c([N+](=O)[O-])c3)cc2)n1. The smallest absolute Gasteiger partial charge is 0.293 e. The highest BCUT2D eigenvalue weighted by Crippen LogP contribution is 2.30. The van der Waals surface area contributed by atoms with E-state index in [4.69, 9.17) is 4.74 Å². The van der Waals surface area contributed by atoms with Crippen molar-refractivity contribution in [1.82, 2.24) is 9.97 Å². The van der Waals surface area contributed by atoms with Crippen LogP contribution in [0, 0.1) is 24.0 Å². The number of carbonyl (C=O) groups excluding carboxylic acids is 1. The van der Waals surface area contributed by atoms with E-state index in [1.165, 1.54) is 36.4 Å². The lowest BCUT2D eigenvalue weighted by Crippen LogP contribution is -2.36. The number of aromatic nitrogens is 2. The number of morpholine rings is 1. The first kappa shape index (κ1) is 25.0. The van der Waals surface area contributed by atoms with Crippen LogP contribution in [0.5, 0.6) is 0 Å². The predicted molar refractivity (Wildman–Crippen MR) is 133 cm³/mol. The minimum Gasteiger partial charge on any atom is -0.378 e. The van der Waals surface area contributed by atoms with Gasteiger partial charge in [-0.05, 0) is 56.3 Å². The van der Waals surface area contributed by atoms with Gasteiger partial charge < -0.3 is 15.0 Å². The number of nitro benzene ring substituents is 1. The molecule has 1 aliphatic rings. The molecule has 188 valence electrons. The van der Waals surface area contributed by atoms with E-state index in [-0.39, 0.29) is 22.1 Å². The third-order valence-electron chi connectivity index (χ3n) is 5.42. The number of hydrogen-bond acceptors (Lipinski definition) is 9. The number of nitrogens with zero attached hydrogens (tertiary/aromatic N) is 4. The molecule has 0 bridgehead atoms. The van der Waals surface area contributed by atoms with Crippen LogP contribution in [0.2, 0.25) is 0 Å². The first-order chi connectivity index (χ1) is 17.1. The molecule has 2 N–H and O–H groups in total. The number of anilines is 3. The average Bonchev–Trinajstić information content (AvgIpc) is 2.83. The third kappa shape index (κ3) is 5.75. The van der Waals surface area contributed by atoms with Gasteiger partial charge in [-0.2, -0.15) is 0 Å². The van der Waals surface area contributed by atoms with Crippen LogP contribution in [0.25, 0.3) is 0 Å². The maximum Gasteiger partial charge on any atom is 0.293 e. The van der Waals surface area contributed by atoms with Gasteiger partial charge in [-0.25, -0.2) is 23.1 Å². The summed E-state index contributed by atoms with van der Waals surface area (Å²) in [4.78, 5) is 33.8. The second-order valence-corrected chi connectivity index (χ2v) is 9.80. The fourth-order valence-electron chi connectivity index (χ4n) is 3.75. The number of carbonyl (C=O) groups is 1. The Balaban J connectivity index is 1.48. The number of benzene rings is 2. The summed E-state index contributed by atoms with van der Waals surface area (Å²) in [5, 5.41) is 14.3. The molecule has 0 unspecified atom stereocenters. The summed E-state index contributed by atoms with van der Waals surface area (Å²) < 4.78 is 33.0. The minimum atomic E-state index is -3.95. The van der Waals surface area contributed by atoms with Crippen molar-refractivity contribution in [2.24, 2.45) is 0 Å². The summed E-state index contributed by atoms with van der Waals surface area (Å²) in [5.41, 5.74) is 1.92. The normalized spacial score (nSPS) is 13.8. The zero-order valence-corrected chi connectivity index (χ0v) is 20.4. The van der Waals surface area contributed by atoms with Gasteiger partial charge in [-0.1, -0.05) is 0 Å². The molecule has 1 aromatic heterocycles. The highest BCUT2D eigenvalue weighted by molar-refractivity contribution is 7.92. The Bertz CT molecular complexity index is 1380. The Morgan fingerprint density at radius 2 is 1.67 bits per heavy atom. The summed E-state index contributed by atoms with van der Waals surface area (Å²) in [6.07, 6.45) is 0. The molecule has 4 rings (SSSR count). The van der Waals surface area contributed by atoms with Crippen molar-refractivity contribution in [3.63, 3.8) is 0 Å². The summed E-state index contributed by atoms with van der Waals surface area (Å²) in [6.45, 7) is 5.44. The van der Waals surface area contributed by atoms with Crippen LogP contribution in [0.1, 0.15) is 21.7 Å². The van der Waals surface area contributed by atoms with Crippen LogP contribution < -0.4 is 14.9 Å². The van der Waals surface area contributed by atoms with Crippen LogP contribution in [0.3, 0.4) is 0 Å². The Labute approximate surface area is 207 Å². The molecule has 0 aliphatic carbocycles. The lowest BCUT2D eigenvalue weighted by Gasteiger charge is -2.28. The molecule has 3 aromatic rings. The molecule has 1 amide bonds. The van der Waals surface area contributed by atoms with Crippen molar-refractivity contribution in [2.75, 3.05) is 41.2 Å². The summed E-state index contributed by atoms with van der Waals surface area (Å²) >= 11 is 0. The molecular formula is C23H24N6O6S. The van der Waals surface area contributed by atoms with E-state index in [1.54, 1.807) is 26.0 Å². The van der Waals surface area contributed by atoms with Crippen LogP contribution in [0.15, 0.2) is 53.4 Å². The predicted octanol–water partition coefficient (Wildman–Crippen LogP) is 2.89. The van der Waals surface area contributed by atoms with Crippen molar-refractivity contribution < 1.29 is 22.9 Å². The number of rotatable bonds is 7. The number of nitrogens with one attached hydrogen (secondary N) is 2. The van der Waals surface area contributed by atoms with Crippen LogP contribution >= 0.6 is 0 Å². The highest BCUT2D eigenvalue weighted by Gasteiger charge is 2.23. The summed E-state index contributed by atoms with van der Waals surface area (Å²) in [7, 11) is -3.95. The molecule has 1 aliphatic heterocycles. The quantitative estimate of drug-likeness (QED) is 0.359. The Morgan fingerprint density at radius 1 is 1.03 bits per heavy atom. The molecule has 0 atom stereocenters. The van der Waals surface area contributed by atoms with Gasteiger partial charge >= 0.3 is 0 Å². The highest BCUT2D eigenvalue weighted by atomic mass is 32.2. The number of nitro groups is 1. The first-order valence-electron chi connectivity index (χ1n) is 11.0. The molecule has 2 heterocycles. The lowest BCUT2D eigenvalue weighted by atomic mass is 10.1. The van der Waals surface area contributed by atoms with Crippen LogP contribution in [0.4, 0.5) is 23.0 Å². The second-order valence-electron chi connectivity index (χ2n) is 8.12. The van der Waals surface area contributed by atoms with Crippen molar-refractivity contribution in [3.8, 4) is 0 Å². The Kier molecular flexibility index (Phi) is 7.12. The second kappa shape index (κ2) is 10.3. The number of aryl methyl sites for hydroxylation is 2. The van der Waals surface area contributed by atoms with Crippen molar-refractivity contribution in [1.29, 1.82) is 0 Å². The molecule has 13 heteroatoms. The van der Waals surface area contributed by atoms with E-state index in [0.29, 0.717) is 49.1 Å². The molecule has 36 heavy (non-hydrogen) atoms. The summed E-state index contributed by atoms with van der Waals surface area (Å²) in [5.74, 6) is -0.601.